The van der Waals surface area contributed by atoms with Gasteiger partial charge in [0, 0.05) is 18.6 Å². The number of hydrogen-bond acceptors (Lipinski definition) is 2. The fraction of sp³-hybridized carbons (Fsp3) is 0.562. The molecule has 0 saturated carbocycles. The summed E-state index contributed by atoms with van der Waals surface area (Å²) in [5, 5.41) is 2.94. The Morgan fingerprint density at radius 2 is 1.90 bits per heavy atom. The normalized spacial score (nSPS) is 13.1. The second kappa shape index (κ2) is 7.65. The van der Waals surface area contributed by atoms with Crippen LogP contribution < -0.4 is 5.32 Å². The molecule has 1 aromatic rings. The van der Waals surface area contributed by atoms with Crippen molar-refractivity contribution in [3.63, 3.8) is 0 Å². The maximum Gasteiger partial charge on any atom is 0.251 e. The number of hydrogen-bond donors (Lipinski definition) is 1. The molecule has 1 atom stereocenters. The highest BCUT2D eigenvalue weighted by atomic mass is 35.5. The highest BCUT2D eigenvalue weighted by molar-refractivity contribution is 6.17. The molecule has 1 amide bonds. The van der Waals surface area contributed by atoms with Crippen molar-refractivity contribution in [1.29, 1.82) is 0 Å². The van der Waals surface area contributed by atoms with Gasteiger partial charge >= 0.3 is 0 Å². The van der Waals surface area contributed by atoms with Gasteiger partial charge in [0.05, 0.1) is 12.6 Å². The zero-order chi connectivity index (χ0) is 15.2. The summed E-state index contributed by atoms with van der Waals surface area (Å²) in [6, 6.07) is 7.68. The summed E-state index contributed by atoms with van der Waals surface area (Å²) in [6.45, 7) is 6.92. The van der Waals surface area contributed by atoms with Crippen LogP contribution in [0.2, 0.25) is 0 Å². The van der Waals surface area contributed by atoms with E-state index in [0.29, 0.717) is 24.5 Å². The van der Waals surface area contributed by atoms with Crippen LogP contribution in [0.3, 0.4) is 0 Å². The first-order valence-corrected chi connectivity index (χ1v) is 7.38. The quantitative estimate of drug-likeness (QED) is 0.818. The second-order valence-electron chi connectivity index (χ2n) is 5.93. The van der Waals surface area contributed by atoms with E-state index in [1.165, 1.54) is 5.56 Å². The molecule has 0 fully saturated rings. The molecule has 0 aliphatic carbocycles. The Hall–Kier alpha value is -1.06. The molecule has 0 aliphatic heterocycles. The SMILES string of the molecule is COCC(CCCl)NC(=O)c1ccc(C(C)(C)C)cc1. The molecule has 0 saturated heterocycles. The predicted octanol–water partition coefficient (Wildman–Crippen LogP) is 3.36. The van der Waals surface area contributed by atoms with Crippen LogP contribution >= 0.6 is 11.6 Å². The summed E-state index contributed by atoms with van der Waals surface area (Å²) in [4.78, 5) is 12.2. The topological polar surface area (TPSA) is 38.3 Å². The van der Waals surface area contributed by atoms with Crippen molar-refractivity contribution in [2.24, 2.45) is 0 Å². The fourth-order valence-electron chi connectivity index (χ4n) is 1.92. The highest BCUT2D eigenvalue weighted by Crippen LogP contribution is 2.22. The molecule has 0 spiro atoms. The molecule has 1 aromatic carbocycles. The summed E-state index contributed by atoms with van der Waals surface area (Å²) in [6.07, 6.45) is 0.696. The van der Waals surface area contributed by atoms with E-state index < -0.39 is 0 Å². The van der Waals surface area contributed by atoms with Gasteiger partial charge in [-0.05, 0) is 29.5 Å². The van der Waals surface area contributed by atoms with E-state index in [2.05, 4.69) is 26.1 Å². The Bertz CT molecular complexity index is 417. The lowest BCUT2D eigenvalue weighted by Crippen LogP contribution is -2.38. The lowest BCUT2D eigenvalue weighted by atomic mass is 9.86. The lowest BCUT2D eigenvalue weighted by Gasteiger charge is -2.20. The summed E-state index contributed by atoms with van der Waals surface area (Å²) in [5.74, 6) is 0.412. The zero-order valence-electron chi connectivity index (χ0n) is 12.7. The van der Waals surface area contributed by atoms with Crippen LogP contribution in [0.25, 0.3) is 0 Å². The Morgan fingerprint density at radius 3 is 2.35 bits per heavy atom. The molecule has 0 aliphatic rings. The maximum absolute atomic E-state index is 12.2. The number of methoxy groups -OCH3 is 1. The standard InChI is InChI=1S/C16H24ClNO2/c1-16(2,3)13-7-5-12(6-8-13)15(19)18-14(9-10-17)11-20-4/h5-8,14H,9-11H2,1-4H3,(H,18,19). The van der Waals surface area contributed by atoms with Gasteiger partial charge in [-0.1, -0.05) is 32.9 Å². The molecular formula is C16H24ClNO2. The third-order valence-electron chi connectivity index (χ3n) is 3.17. The summed E-state index contributed by atoms with van der Waals surface area (Å²) in [5.41, 5.74) is 1.96. The number of ether oxygens (including phenoxy) is 1. The van der Waals surface area contributed by atoms with E-state index in [0.717, 1.165) is 0 Å². The molecule has 4 heteroatoms. The molecule has 1 rings (SSSR count). The molecule has 0 radical (unpaired) electrons. The van der Waals surface area contributed by atoms with Crippen LogP contribution in [0.5, 0.6) is 0 Å². The number of carbonyl (C=O) groups is 1. The zero-order valence-corrected chi connectivity index (χ0v) is 13.5. The largest absolute Gasteiger partial charge is 0.383 e. The van der Waals surface area contributed by atoms with E-state index in [1.54, 1.807) is 7.11 Å². The van der Waals surface area contributed by atoms with Crippen molar-refractivity contribution in [2.45, 2.75) is 38.6 Å². The summed E-state index contributed by atoms with van der Waals surface area (Å²) < 4.78 is 5.08. The monoisotopic (exact) mass is 297 g/mol. The van der Waals surface area contributed by atoms with Crippen molar-refractivity contribution >= 4 is 17.5 Å². The minimum Gasteiger partial charge on any atom is -0.383 e. The van der Waals surface area contributed by atoms with Gasteiger partial charge in [-0.3, -0.25) is 4.79 Å². The second-order valence-corrected chi connectivity index (χ2v) is 6.31. The Labute approximate surface area is 126 Å². The Kier molecular flexibility index (Phi) is 6.50. The average molecular weight is 298 g/mol. The molecule has 1 unspecified atom stereocenters. The Morgan fingerprint density at radius 1 is 1.30 bits per heavy atom. The number of alkyl halides is 1. The number of halogens is 1. The molecule has 20 heavy (non-hydrogen) atoms. The third-order valence-corrected chi connectivity index (χ3v) is 3.39. The van der Waals surface area contributed by atoms with Crippen molar-refractivity contribution in [1.82, 2.24) is 5.32 Å². The van der Waals surface area contributed by atoms with E-state index in [4.69, 9.17) is 16.3 Å². The van der Waals surface area contributed by atoms with Crippen LogP contribution in [0.4, 0.5) is 0 Å². The van der Waals surface area contributed by atoms with Crippen molar-refractivity contribution in [2.75, 3.05) is 19.6 Å². The van der Waals surface area contributed by atoms with Gasteiger partial charge in [0.25, 0.3) is 5.91 Å². The van der Waals surface area contributed by atoms with Gasteiger partial charge in [0.1, 0.15) is 0 Å². The predicted molar refractivity (Wildman–Crippen MR) is 83.6 cm³/mol. The number of benzene rings is 1. The number of nitrogens with one attached hydrogen (secondary N) is 1. The van der Waals surface area contributed by atoms with Gasteiger partial charge in [-0.2, -0.15) is 0 Å². The van der Waals surface area contributed by atoms with E-state index in [-0.39, 0.29) is 17.4 Å². The fourth-order valence-corrected chi connectivity index (χ4v) is 2.18. The molecule has 112 valence electrons. The number of rotatable bonds is 6. The van der Waals surface area contributed by atoms with E-state index in [9.17, 15) is 4.79 Å². The van der Waals surface area contributed by atoms with Crippen LogP contribution in [0, 0.1) is 0 Å². The minimum absolute atomic E-state index is 0.0488. The van der Waals surface area contributed by atoms with Crippen molar-refractivity contribution < 1.29 is 9.53 Å². The molecule has 1 N–H and O–H groups in total. The smallest absolute Gasteiger partial charge is 0.251 e. The van der Waals surface area contributed by atoms with Gasteiger partial charge < -0.3 is 10.1 Å². The van der Waals surface area contributed by atoms with Gasteiger partial charge in [-0.25, -0.2) is 0 Å². The summed E-state index contributed by atoms with van der Waals surface area (Å²) >= 11 is 5.73. The van der Waals surface area contributed by atoms with Crippen LogP contribution in [0.1, 0.15) is 43.1 Å². The molecule has 0 heterocycles. The van der Waals surface area contributed by atoms with Crippen LogP contribution in [0.15, 0.2) is 24.3 Å². The molecule has 3 nitrogen and oxygen atoms in total. The van der Waals surface area contributed by atoms with E-state index >= 15 is 0 Å². The number of carbonyl (C=O) groups excluding carboxylic acids is 1. The average Bonchev–Trinajstić information content (AvgIpc) is 2.38. The number of amides is 1. The third kappa shape index (κ3) is 5.14. The van der Waals surface area contributed by atoms with Crippen LogP contribution in [-0.4, -0.2) is 31.5 Å². The first-order valence-electron chi connectivity index (χ1n) is 6.84. The van der Waals surface area contributed by atoms with E-state index in [1.807, 2.05) is 24.3 Å². The van der Waals surface area contributed by atoms with Gasteiger partial charge in [0.2, 0.25) is 0 Å². The molecule has 0 aromatic heterocycles. The first kappa shape index (κ1) is 17.0. The summed E-state index contributed by atoms with van der Waals surface area (Å²) in [7, 11) is 1.62. The lowest BCUT2D eigenvalue weighted by molar-refractivity contribution is 0.0895. The minimum atomic E-state index is -0.0855. The van der Waals surface area contributed by atoms with Gasteiger partial charge in [0.15, 0.2) is 0 Å². The maximum atomic E-state index is 12.2. The van der Waals surface area contributed by atoms with Crippen LogP contribution in [-0.2, 0) is 10.2 Å². The Balaban J connectivity index is 2.72. The first-order chi connectivity index (χ1) is 9.38. The van der Waals surface area contributed by atoms with Crippen molar-refractivity contribution in [3.8, 4) is 0 Å². The van der Waals surface area contributed by atoms with Gasteiger partial charge in [-0.15, -0.1) is 11.6 Å². The highest BCUT2D eigenvalue weighted by Gasteiger charge is 2.16. The molecular weight excluding hydrogens is 274 g/mol. The molecule has 0 bridgehead atoms. The van der Waals surface area contributed by atoms with Crippen molar-refractivity contribution in [3.05, 3.63) is 35.4 Å².